The molecule has 0 radical (unpaired) electrons. The maximum atomic E-state index is 13.5. The van der Waals surface area contributed by atoms with Crippen LogP contribution >= 0.6 is 22.9 Å². The number of fused-ring (bicyclic) bond motifs is 2. The van der Waals surface area contributed by atoms with Crippen molar-refractivity contribution in [2.24, 2.45) is 0 Å². The van der Waals surface area contributed by atoms with E-state index in [9.17, 15) is 19.5 Å². The summed E-state index contributed by atoms with van der Waals surface area (Å²) in [6.45, 7) is 1.95. The average molecular weight is 561 g/mol. The van der Waals surface area contributed by atoms with E-state index < -0.39 is 23.7 Å². The molecule has 2 aliphatic heterocycles. The van der Waals surface area contributed by atoms with Gasteiger partial charge in [-0.15, -0.1) is 0 Å². The minimum Gasteiger partial charge on any atom is -0.507 e. The predicted molar refractivity (Wildman–Crippen MR) is 147 cm³/mol. The van der Waals surface area contributed by atoms with E-state index in [1.165, 1.54) is 23.3 Å². The van der Waals surface area contributed by atoms with E-state index in [4.69, 9.17) is 21.1 Å². The van der Waals surface area contributed by atoms with E-state index in [1.807, 2.05) is 6.92 Å². The molecular weight excluding hydrogens is 540 g/mol. The zero-order chi connectivity index (χ0) is 27.4. The number of aliphatic hydroxyl groups excluding tert-OH is 1. The topological polar surface area (TPSA) is 106 Å². The Morgan fingerprint density at radius 2 is 1.85 bits per heavy atom. The Balaban J connectivity index is 1.52. The summed E-state index contributed by atoms with van der Waals surface area (Å²) in [5, 5.41) is 12.3. The maximum Gasteiger partial charge on any atom is 0.337 e. The minimum atomic E-state index is -0.990. The van der Waals surface area contributed by atoms with Crippen LogP contribution in [0.25, 0.3) is 16.0 Å². The summed E-state index contributed by atoms with van der Waals surface area (Å²) in [4.78, 5) is 44.9. The van der Waals surface area contributed by atoms with Crippen LogP contribution in [0.4, 0.5) is 5.13 Å². The first-order valence-corrected chi connectivity index (χ1v) is 13.3. The summed E-state index contributed by atoms with van der Waals surface area (Å²) in [5.74, 6) is -1.75. The molecule has 3 heterocycles. The molecule has 8 nitrogen and oxygen atoms in total. The van der Waals surface area contributed by atoms with Crippen molar-refractivity contribution in [3.63, 3.8) is 0 Å². The van der Waals surface area contributed by atoms with Gasteiger partial charge in [0.1, 0.15) is 17.6 Å². The van der Waals surface area contributed by atoms with Crippen LogP contribution in [0.5, 0.6) is 5.75 Å². The van der Waals surface area contributed by atoms with E-state index in [1.54, 1.807) is 60.7 Å². The van der Waals surface area contributed by atoms with Gasteiger partial charge >= 0.3 is 11.9 Å². The number of halogens is 1. The predicted octanol–water partition coefficient (Wildman–Crippen LogP) is 5.69. The zero-order valence-corrected chi connectivity index (χ0v) is 22.4. The number of carbonyl (C=O) groups excluding carboxylic acids is 3. The number of aliphatic hydroxyl groups is 1. The Hall–Kier alpha value is -4.21. The molecule has 39 heavy (non-hydrogen) atoms. The third kappa shape index (κ3) is 4.24. The monoisotopic (exact) mass is 560 g/mol. The lowest BCUT2D eigenvalue weighted by Gasteiger charge is -2.23. The Morgan fingerprint density at radius 3 is 2.59 bits per heavy atom. The standard InChI is InChI=1S/C29H21ClN2O6S/c1-14-11-18-12-17(7-10-21(18)38-14)25(33)23-24(15-3-5-16(6-4-15)28(36)37-2)32(27(35)26(23)34)29-31-20-9-8-19(30)13-22(20)39-29/h3-10,12-14,24,33H,11H2,1-2H3. The largest absolute Gasteiger partial charge is 0.507 e. The van der Waals surface area contributed by atoms with Gasteiger partial charge < -0.3 is 14.6 Å². The van der Waals surface area contributed by atoms with E-state index in [0.717, 1.165) is 16.0 Å². The van der Waals surface area contributed by atoms with Gasteiger partial charge in [-0.2, -0.15) is 0 Å². The van der Waals surface area contributed by atoms with Crippen molar-refractivity contribution in [1.29, 1.82) is 0 Å². The van der Waals surface area contributed by atoms with Crippen LogP contribution in [0.15, 0.2) is 66.2 Å². The van der Waals surface area contributed by atoms with Gasteiger partial charge in [0.05, 0.1) is 34.5 Å². The number of ether oxygens (including phenoxy) is 2. The summed E-state index contributed by atoms with van der Waals surface area (Å²) in [6, 6.07) is 15.7. The molecule has 3 aromatic carbocycles. The molecule has 1 aromatic heterocycles. The number of aromatic nitrogens is 1. The van der Waals surface area contributed by atoms with Gasteiger partial charge in [-0.05, 0) is 66.6 Å². The van der Waals surface area contributed by atoms with Crippen LogP contribution in [-0.2, 0) is 20.7 Å². The fourth-order valence-corrected chi connectivity index (χ4v) is 6.25. The van der Waals surface area contributed by atoms with E-state index in [2.05, 4.69) is 4.98 Å². The molecule has 1 amide bonds. The highest BCUT2D eigenvalue weighted by Gasteiger charge is 2.48. The number of carbonyl (C=O) groups is 3. The van der Waals surface area contributed by atoms with E-state index >= 15 is 0 Å². The van der Waals surface area contributed by atoms with Crippen molar-refractivity contribution in [2.45, 2.75) is 25.5 Å². The zero-order valence-electron chi connectivity index (χ0n) is 20.8. The number of esters is 1. The molecule has 0 spiro atoms. The number of methoxy groups -OCH3 is 1. The third-order valence-electron chi connectivity index (χ3n) is 6.81. The molecular formula is C29H21ClN2O6S. The van der Waals surface area contributed by atoms with Gasteiger partial charge in [-0.3, -0.25) is 14.5 Å². The number of hydrogen-bond acceptors (Lipinski definition) is 8. The number of Topliss-reactive ketones (excluding diaryl/α,β-unsaturated/α-hetero) is 1. The molecule has 0 bridgehead atoms. The van der Waals surface area contributed by atoms with Gasteiger partial charge in [-0.1, -0.05) is 35.1 Å². The lowest BCUT2D eigenvalue weighted by molar-refractivity contribution is -0.132. The van der Waals surface area contributed by atoms with Gasteiger partial charge in [0.25, 0.3) is 5.78 Å². The van der Waals surface area contributed by atoms with Crippen molar-refractivity contribution in [3.8, 4) is 5.75 Å². The van der Waals surface area contributed by atoms with Gasteiger partial charge in [0, 0.05) is 17.0 Å². The van der Waals surface area contributed by atoms with E-state index in [-0.39, 0.29) is 22.6 Å². The van der Waals surface area contributed by atoms with Crippen LogP contribution in [0.3, 0.4) is 0 Å². The average Bonchev–Trinajstić information content (AvgIpc) is 3.59. The van der Waals surface area contributed by atoms with Gasteiger partial charge in [0.15, 0.2) is 5.13 Å². The first-order chi connectivity index (χ1) is 18.7. The molecule has 6 rings (SSSR count). The Labute approximate surface area is 232 Å². The molecule has 2 atom stereocenters. The molecule has 1 fully saturated rings. The minimum absolute atomic E-state index is 0.00356. The Morgan fingerprint density at radius 1 is 1.10 bits per heavy atom. The fourth-order valence-electron chi connectivity index (χ4n) is 4.98. The first kappa shape index (κ1) is 25.1. The molecule has 4 aromatic rings. The van der Waals surface area contributed by atoms with Crippen LogP contribution < -0.4 is 9.64 Å². The first-order valence-electron chi connectivity index (χ1n) is 12.1. The van der Waals surface area contributed by atoms with E-state index in [0.29, 0.717) is 33.7 Å². The normalized spacial score (nSPS) is 19.8. The molecule has 196 valence electrons. The number of nitrogens with zero attached hydrogens (tertiary/aromatic N) is 2. The number of rotatable bonds is 4. The van der Waals surface area contributed by atoms with Gasteiger partial charge in [-0.25, -0.2) is 9.78 Å². The second kappa shape index (κ2) is 9.52. The molecule has 2 aliphatic rings. The maximum absolute atomic E-state index is 13.5. The van der Waals surface area contributed by atoms with Gasteiger partial charge in [0.2, 0.25) is 0 Å². The SMILES string of the molecule is COC(=O)c1ccc(C2C(=C(O)c3ccc4c(c3)CC(C)O4)C(=O)C(=O)N2c2nc3ccc(Cl)cc3s2)cc1. The second-order valence-corrected chi connectivity index (χ2v) is 10.8. The molecule has 10 heteroatoms. The van der Waals surface area contributed by atoms with Crippen molar-refractivity contribution >= 4 is 61.7 Å². The molecule has 1 saturated heterocycles. The van der Waals surface area contributed by atoms with Crippen molar-refractivity contribution in [3.05, 3.63) is 93.5 Å². The lowest BCUT2D eigenvalue weighted by Crippen LogP contribution is -2.29. The van der Waals surface area contributed by atoms with Crippen LogP contribution in [0, 0.1) is 0 Å². The molecule has 0 aliphatic carbocycles. The number of ketones is 1. The summed E-state index contributed by atoms with van der Waals surface area (Å²) in [5.41, 5.74) is 2.67. The summed E-state index contributed by atoms with van der Waals surface area (Å²) < 4.78 is 11.3. The number of amides is 1. The summed E-state index contributed by atoms with van der Waals surface area (Å²) >= 11 is 7.37. The van der Waals surface area contributed by atoms with Crippen LogP contribution in [0.1, 0.15) is 40.0 Å². The van der Waals surface area contributed by atoms with Crippen molar-refractivity contribution in [1.82, 2.24) is 4.98 Å². The molecule has 0 saturated carbocycles. The molecule has 2 unspecified atom stereocenters. The number of benzene rings is 3. The highest BCUT2D eigenvalue weighted by atomic mass is 35.5. The summed E-state index contributed by atoms with van der Waals surface area (Å²) in [7, 11) is 1.28. The number of hydrogen-bond donors (Lipinski definition) is 1. The number of thiazole rings is 1. The number of anilines is 1. The Kier molecular flexibility index (Phi) is 6.12. The van der Waals surface area contributed by atoms with Crippen molar-refractivity contribution in [2.75, 3.05) is 12.0 Å². The third-order valence-corrected chi connectivity index (χ3v) is 8.06. The van der Waals surface area contributed by atoms with Crippen LogP contribution in [0.2, 0.25) is 5.02 Å². The molecule has 1 N–H and O–H groups in total. The van der Waals surface area contributed by atoms with Crippen molar-refractivity contribution < 1.29 is 29.0 Å². The highest BCUT2D eigenvalue weighted by Crippen LogP contribution is 2.45. The quantitative estimate of drug-likeness (QED) is 0.148. The highest BCUT2D eigenvalue weighted by molar-refractivity contribution is 7.22. The lowest BCUT2D eigenvalue weighted by atomic mass is 9.94. The smallest absolute Gasteiger partial charge is 0.337 e. The Bertz CT molecular complexity index is 1710. The fraction of sp³-hybridized carbons (Fsp3) is 0.172. The van der Waals surface area contributed by atoms with Crippen LogP contribution in [-0.4, -0.2) is 41.0 Å². The summed E-state index contributed by atoms with van der Waals surface area (Å²) in [6.07, 6.45) is 0.668. The second-order valence-electron chi connectivity index (χ2n) is 9.35.